The first kappa shape index (κ1) is 49.5. The van der Waals surface area contributed by atoms with Crippen LogP contribution in [-0.4, -0.2) is 177 Å². The lowest BCUT2D eigenvalue weighted by Gasteiger charge is -2.70. The van der Waals surface area contributed by atoms with Crippen molar-refractivity contribution in [1.29, 1.82) is 0 Å². The van der Waals surface area contributed by atoms with E-state index in [0.717, 1.165) is 44.1 Å². The summed E-state index contributed by atoms with van der Waals surface area (Å²) in [4.78, 5) is 12.6. The molecule has 9 fully saturated rings. The molecule has 0 unspecified atom stereocenters. The topological polar surface area (TPSA) is 262 Å². The van der Waals surface area contributed by atoms with Gasteiger partial charge in [-0.3, -0.25) is 4.79 Å². The summed E-state index contributed by atoms with van der Waals surface area (Å²) in [7, 11) is 0. The molecule has 9 aliphatic rings. The van der Waals surface area contributed by atoms with Gasteiger partial charge in [0.15, 0.2) is 30.8 Å². The number of ether oxygens (including phenoxy) is 9. The monoisotopic (exact) mass is 941 g/mol. The first-order valence-corrected chi connectivity index (χ1v) is 24.3. The number of carbonyl (C=O) groups excluding carboxylic acids is 1. The molecular formula is C48H76O18. The second kappa shape index (κ2) is 17.4. The molecule has 0 aromatic rings. The van der Waals surface area contributed by atoms with E-state index in [1.807, 2.05) is 6.92 Å². The number of hydrogen-bond donors (Lipinski definition) is 8. The van der Waals surface area contributed by atoms with Crippen molar-refractivity contribution in [3.63, 3.8) is 0 Å². The minimum absolute atomic E-state index is 0.0471. The van der Waals surface area contributed by atoms with Crippen molar-refractivity contribution in [3.8, 4) is 0 Å². The fourth-order valence-electron chi connectivity index (χ4n) is 15.8. The van der Waals surface area contributed by atoms with Crippen molar-refractivity contribution >= 4 is 5.97 Å². The Balaban J connectivity index is 0.905. The van der Waals surface area contributed by atoms with Gasteiger partial charge < -0.3 is 83.5 Å². The molecule has 0 aromatic carbocycles. The van der Waals surface area contributed by atoms with Crippen molar-refractivity contribution in [2.24, 2.45) is 45.3 Å². The van der Waals surface area contributed by atoms with Gasteiger partial charge in [0.25, 0.3) is 0 Å². The molecule has 5 saturated heterocycles. The normalized spacial score (nSPS) is 55.2. The number of rotatable bonds is 9. The third-order valence-electron chi connectivity index (χ3n) is 18.7. The maximum atomic E-state index is 12.6. The lowest BCUT2D eigenvalue weighted by atomic mass is 9.35. The van der Waals surface area contributed by atoms with E-state index in [1.54, 1.807) is 0 Å². The van der Waals surface area contributed by atoms with Gasteiger partial charge in [0.05, 0.1) is 44.2 Å². The van der Waals surface area contributed by atoms with Gasteiger partial charge in [-0.2, -0.15) is 0 Å². The Morgan fingerprint density at radius 3 is 2.18 bits per heavy atom. The molecule has 0 radical (unpaired) electrons. The fraction of sp³-hybridized carbons (Fsp3) is 0.938. The van der Waals surface area contributed by atoms with Crippen LogP contribution in [0.25, 0.3) is 0 Å². The van der Waals surface area contributed by atoms with E-state index in [1.165, 1.54) is 6.92 Å². The van der Waals surface area contributed by atoms with Gasteiger partial charge in [-0.15, -0.1) is 0 Å². The van der Waals surface area contributed by atoms with Gasteiger partial charge >= 0.3 is 5.97 Å². The average Bonchev–Trinajstić information content (AvgIpc) is 3.76. The van der Waals surface area contributed by atoms with Crippen LogP contribution in [0.3, 0.4) is 0 Å². The van der Waals surface area contributed by atoms with Crippen LogP contribution in [0.4, 0.5) is 0 Å². The maximum absolute atomic E-state index is 12.6. The smallest absolute Gasteiger partial charge is 0.303 e. The number of carbonyl (C=O) groups is 1. The fourth-order valence-corrected chi connectivity index (χ4v) is 15.8. The second-order valence-corrected chi connectivity index (χ2v) is 23.1. The highest BCUT2D eigenvalue weighted by Crippen LogP contribution is 2.80. The molecule has 4 saturated carbocycles. The minimum Gasteiger partial charge on any atom is -0.454 e. The van der Waals surface area contributed by atoms with Gasteiger partial charge in [-0.1, -0.05) is 39.3 Å². The molecule has 9 rings (SSSR count). The van der Waals surface area contributed by atoms with E-state index >= 15 is 0 Å². The van der Waals surface area contributed by atoms with E-state index in [4.69, 9.17) is 42.6 Å². The number of aliphatic hydroxyl groups is 8. The Morgan fingerprint density at radius 2 is 1.48 bits per heavy atom. The molecule has 0 amide bonds. The zero-order valence-electron chi connectivity index (χ0n) is 39.7. The molecule has 8 N–H and O–H groups in total. The summed E-state index contributed by atoms with van der Waals surface area (Å²) in [5, 5.41) is 86.6. The quantitative estimate of drug-likeness (QED) is 0.0917. The van der Waals surface area contributed by atoms with Crippen molar-refractivity contribution in [1.82, 2.24) is 0 Å². The SMILES string of the molecule is CC(=O)O[C@H]1[C@H](O[C@H]2CC[C@]3(C)[C@H]4CC[C@@H]5[C@@H]6[C@]7(C[C@@]5(CO7)[C@]4(C)CC[C@H]3C2(C)C)O[C@@H](C=C(C)C)C[C@]6(C)O)OC[C@H](O[C@@H]2O[C@H](CO)[C@@H](O)[C@H](O)[C@H]2O[C@@H]2OC[C@@H](O)[C@H](O)[C@H]2O)[C@@H]1O. The zero-order chi connectivity index (χ0) is 47.7. The number of esters is 1. The molecule has 5 heterocycles. The Bertz CT molecular complexity index is 1830. The molecule has 376 valence electrons. The summed E-state index contributed by atoms with van der Waals surface area (Å²) in [5.74, 6) is -0.654. The highest BCUT2D eigenvalue weighted by Gasteiger charge is 2.81. The van der Waals surface area contributed by atoms with Gasteiger partial charge in [-0.25, -0.2) is 0 Å². The molecule has 66 heavy (non-hydrogen) atoms. The van der Waals surface area contributed by atoms with Crippen LogP contribution in [0.2, 0.25) is 0 Å². The summed E-state index contributed by atoms with van der Waals surface area (Å²) < 4.78 is 55.7. The van der Waals surface area contributed by atoms with E-state index in [-0.39, 0.29) is 52.3 Å². The molecule has 24 atom stereocenters. The first-order chi connectivity index (χ1) is 30.9. The van der Waals surface area contributed by atoms with Gasteiger partial charge in [0, 0.05) is 31.1 Å². The number of aliphatic hydroxyl groups excluding tert-OH is 7. The average molecular weight is 941 g/mol. The second-order valence-electron chi connectivity index (χ2n) is 23.1. The van der Waals surface area contributed by atoms with Gasteiger partial charge in [0.1, 0.15) is 54.9 Å². The standard InChI is InChI=1S/C48H76O18/c1-22(2)15-24-16-46(8,57)39-25-9-10-30-44(6)13-12-31(43(4,5)29(44)11-14-45(30,7)47(25)20-48(39,66-24)60-21-47)64-41-37(61-23(3)50)34(54)28(19-59-41)63-42-38(35(55)33(53)27(17-49)62-42)65-40-36(56)32(52)26(51)18-58-40/h15,24-42,49,51-57H,9-14,16-21H2,1-8H3/t24-,25+,26+,27+,28-,29-,30+,31-,32-,33+,34-,35-,36+,37+,38+,39-,40-,41-,42-,44-,45+,46-,47-,48-/m0/s1. The van der Waals surface area contributed by atoms with E-state index in [0.29, 0.717) is 31.3 Å². The molecule has 5 aliphatic heterocycles. The lowest BCUT2D eigenvalue weighted by Crippen LogP contribution is -2.67. The minimum atomic E-state index is -1.77. The van der Waals surface area contributed by atoms with Gasteiger partial charge in [-0.05, 0) is 93.3 Å². The van der Waals surface area contributed by atoms with Crippen LogP contribution in [0, 0.1) is 45.3 Å². The predicted molar refractivity (Wildman–Crippen MR) is 228 cm³/mol. The van der Waals surface area contributed by atoms with Gasteiger partial charge in [0.2, 0.25) is 0 Å². The maximum Gasteiger partial charge on any atom is 0.303 e. The summed E-state index contributed by atoms with van der Waals surface area (Å²) >= 11 is 0. The number of allylic oxidation sites excluding steroid dienone is 1. The molecule has 0 aromatic heterocycles. The van der Waals surface area contributed by atoms with Crippen molar-refractivity contribution in [2.75, 3.05) is 26.4 Å². The van der Waals surface area contributed by atoms with E-state index < -0.39 is 110 Å². The number of hydrogen-bond acceptors (Lipinski definition) is 18. The van der Waals surface area contributed by atoms with Crippen LogP contribution >= 0.6 is 0 Å². The zero-order valence-corrected chi connectivity index (χ0v) is 39.7. The highest BCUT2D eigenvalue weighted by molar-refractivity contribution is 5.66. The number of fused-ring (bicyclic) bond motifs is 4. The third kappa shape index (κ3) is 7.69. The first-order valence-electron chi connectivity index (χ1n) is 24.3. The van der Waals surface area contributed by atoms with E-state index in [2.05, 4.69) is 47.6 Å². The highest BCUT2D eigenvalue weighted by atomic mass is 16.8. The largest absolute Gasteiger partial charge is 0.454 e. The summed E-state index contributed by atoms with van der Waals surface area (Å²) in [6, 6.07) is 0. The lowest BCUT2D eigenvalue weighted by molar-refractivity contribution is -0.378. The van der Waals surface area contributed by atoms with Crippen LogP contribution < -0.4 is 0 Å². The molecule has 2 bridgehead atoms. The van der Waals surface area contributed by atoms with Crippen LogP contribution in [0.5, 0.6) is 0 Å². The predicted octanol–water partition coefficient (Wildman–Crippen LogP) is 1.18. The molecule has 18 heteroatoms. The third-order valence-corrected chi connectivity index (χ3v) is 18.7. The molecular weight excluding hydrogens is 865 g/mol. The van der Waals surface area contributed by atoms with Crippen molar-refractivity contribution in [2.45, 2.75) is 210 Å². The Hall–Kier alpha value is -1.43. The van der Waals surface area contributed by atoms with Crippen LogP contribution in [-0.2, 0) is 47.4 Å². The van der Waals surface area contributed by atoms with E-state index in [9.17, 15) is 45.6 Å². The summed E-state index contributed by atoms with van der Waals surface area (Å²) in [6.45, 7) is 16.0. The summed E-state index contributed by atoms with van der Waals surface area (Å²) in [6.07, 6.45) is -11.3. The van der Waals surface area contributed by atoms with Crippen LogP contribution in [0.1, 0.15) is 107 Å². The Morgan fingerprint density at radius 1 is 0.758 bits per heavy atom. The summed E-state index contributed by atoms with van der Waals surface area (Å²) in [5.41, 5.74) is -0.358. The molecule has 18 nitrogen and oxygen atoms in total. The Kier molecular flexibility index (Phi) is 13.1. The van der Waals surface area contributed by atoms with Crippen molar-refractivity contribution < 1.29 is 88.3 Å². The Labute approximate surface area is 387 Å². The van der Waals surface area contributed by atoms with Crippen molar-refractivity contribution in [3.05, 3.63) is 11.6 Å². The molecule has 2 spiro atoms. The molecule has 4 aliphatic carbocycles. The van der Waals surface area contributed by atoms with Crippen LogP contribution in [0.15, 0.2) is 11.6 Å².